The van der Waals surface area contributed by atoms with Gasteiger partial charge in [0, 0.05) is 62.4 Å². The van der Waals surface area contributed by atoms with Crippen LogP contribution in [0.5, 0.6) is 0 Å². The minimum atomic E-state index is -1.01. The molecule has 2 saturated heterocycles. The Labute approximate surface area is 240 Å². The SMILES string of the molecule is O=C(CI)C(C[C@@H]1CNC[C@@H]1F)C(c1nc(-c2cc(F)ccc2F)cn1Cc1ccccc1)C1CCOCC1. The largest absolute Gasteiger partial charge is 0.381 e. The van der Waals surface area contributed by atoms with Gasteiger partial charge in [-0.15, -0.1) is 0 Å². The van der Waals surface area contributed by atoms with Crippen LogP contribution in [-0.4, -0.2) is 52.2 Å². The number of alkyl halides is 2. The van der Waals surface area contributed by atoms with Crippen molar-refractivity contribution >= 4 is 28.4 Å². The lowest BCUT2D eigenvalue weighted by molar-refractivity contribution is -0.122. The van der Waals surface area contributed by atoms with Gasteiger partial charge in [-0.3, -0.25) is 4.79 Å². The maximum atomic E-state index is 14.9. The molecular formula is C30H33F3IN3O2. The van der Waals surface area contributed by atoms with Crippen molar-refractivity contribution in [2.45, 2.75) is 37.9 Å². The molecule has 2 fully saturated rings. The summed E-state index contributed by atoms with van der Waals surface area (Å²) in [4.78, 5) is 18.5. The van der Waals surface area contributed by atoms with E-state index in [-0.39, 0.29) is 29.1 Å². The van der Waals surface area contributed by atoms with E-state index in [0.29, 0.717) is 55.2 Å². The first-order valence-electron chi connectivity index (χ1n) is 13.5. The van der Waals surface area contributed by atoms with Crippen LogP contribution in [-0.2, 0) is 16.1 Å². The van der Waals surface area contributed by atoms with Gasteiger partial charge in [-0.1, -0.05) is 52.9 Å². The predicted octanol–water partition coefficient (Wildman–Crippen LogP) is 5.95. The third kappa shape index (κ3) is 6.57. The number of nitrogens with one attached hydrogen (secondary N) is 1. The van der Waals surface area contributed by atoms with E-state index >= 15 is 0 Å². The zero-order valence-corrected chi connectivity index (χ0v) is 23.8. The molecule has 0 amide bonds. The van der Waals surface area contributed by atoms with Crippen molar-refractivity contribution in [3.05, 3.63) is 77.8 Å². The summed E-state index contributed by atoms with van der Waals surface area (Å²) in [5.74, 6) is -1.31. The van der Waals surface area contributed by atoms with Crippen molar-refractivity contribution in [2.24, 2.45) is 17.8 Å². The van der Waals surface area contributed by atoms with Crippen LogP contribution in [0.4, 0.5) is 13.2 Å². The lowest BCUT2D eigenvalue weighted by Gasteiger charge is -2.36. The van der Waals surface area contributed by atoms with Crippen molar-refractivity contribution in [2.75, 3.05) is 30.7 Å². The zero-order valence-electron chi connectivity index (χ0n) is 21.7. The summed E-state index contributed by atoms with van der Waals surface area (Å²) >= 11 is 2.09. The highest BCUT2D eigenvalue weighted by Crippen LogP contribution is 2.43. The molecule has 3 heterocycles. The second-order valence-electron chi connectivity index (χ2n) is 10.6. The molecule has 1 aromatic heterocycles. The van der Waals surface area contributed by atoms with Crippen molar-refractivity contribution < 1.29 is 22.7 Å². The van der Waals surface area contributed by atoms with Gasteiger partial charge in [-0.05, 0) is 48.9 Å². The first-order valence-corrected chi connectivity index (χ1v) is 15.0. The zero-order chi connectivity index (χ0) is 27.4. The summed E-state index contributed by atoms with van der Waals surface area (Å²) in [5, 5.41) is 3.12. The van der Waals surface area contributed by atoms with Gasteiger partial charge in [0.1, 0.15) is 29.4 Å². The van der Waals surface area contributed by atoms with Gasteiger partial charge in [0.2, 0.25) is 0 Å². The first kappa shape index (κ1) is 28.3. The van der Waals surface area contributed by atoms with Crippen molar-refractivity contribution in [3.63, 3.8) is 0 Å². The molecule has 2 unspecified atom stereocenters. The van der Waals surface area contributed by atoms with E-state index in [9.17, 15) is 18.0 Å². The number of aromatic nitrogens is 2. The Balaban J connectivity index is 1.64. The summed E-state index contributed by atoms with van der Waals surface area (Å²) in [5.41, 5.74) is 1.42. The Morgan fingerprint density at radius 3 is 2.59 bits per heavy atom. The third-order valence-corrected chi connectivity index (χ3v) is 8.82. The van der Waals surface area contributed by atoms with E-state index in [1.54, 1.807) is 6.20 Å². The Morgan fingerprint density at radius 1 is 1.13 bits per heavy atom. The minimum Gasteiger partial charge on any atom is -0.381 e. The molecular weight excluding hydrogens is 618 g/mol. The fourth-order valence-corrected chi connectivity index (χ4v) is 6.62. The Kier molecular flexibility index (Phi) is 9.40. The molecule has 0 saturated carbocycles. The van der Waals surface area contributed by atoms with Gasteiger partial charge in [-0.2, -0.15) is 0 Å². The molecule has 39 heavy (non-hydrogen) atoms. The number of hydrogen-bond acceptors (Lipinski definition) is 4. The van der Waals surface area contributed by atoms with Crippen LogP contribution in [0, 0.1) is 29.4 Å². The average Bonchev–Trinajstić information content (AvgIpc) is 3.56. The molecule has 0 radical (unpaired) electrons. The second-order valence-corrected chi connectivity index (χ2v) is 11.3. The van der Waals surface area contributed by atoms with E-state index in [1.165, 1.54) is 0 Å². The molecule has 9 heteroatoms. The second kappa shape index (κ2) is 13.0. The number of ketones is 1. The Bertz CT molecular complexity index is 1270. The van der Waals surface area contributed by atoms with Crippen LogP contribution in [0.3, 0.4) is 0 Å². The lowest BCUT2D eigenvalue weighted by Crippen LogP contribution is -2.36. The first-order chi connectivity index (χ1) is 18.9. The molecule has 4 atom stereocenters. The summed E-state index contributed by atoms with van der Waals surface area (Å²) in [6.07, 6.45) is 2.66. The highest BCUT2D eigenvalue weighted by Gasteiger charge is 2.42. The van der Waals surface area contributed by atoms with Crippen LogP contribution in [0.15, 0.2) is 54.7 Å². The number of carbonyl (C=O) groups excluding carboxylic acids is 1. The molecule has 2 aromatic carbocycles. The van der Waals surface area contributed by atoms with Crippen molar-refractivity contribution in [1.29, 1.82) is 0 Å². The smallest absolute Gasteiger partial charge is 0.146 e. The number of benzene rings is 2. The van der Waals surface area contributed by atoms with Gasteiger partial charge in [-0.25, -0.2) is 18.2 Å². The Morgan fingerprint density at radius 2 is 1.90 bits per heavy atom. The van der Waals surface area contributed by atoms with E-state index < -0.39 is 23.7 Å². The number of imidazole rings is 1. The molecule has 0 bridgehead atoms. The molecule has 2 aliphatic heterocycles. The Hall–Kier alpha value is -2.24. The molecule has 1 N–H and O–H groups in total. The van der Waals surface area contributed by atoms with Crippen LogP contribution in [0.25, 0.3) is 11.3 Å². The highest BCUT2D eigenvalue weighted by molar-refractivity contribution is 14.1. The number of hydrogen-bond donors (Lipinski definition) is 1. The van der Waals surface area contributed by atoms with Gasteiger partial charge >= 0.3 is 0 Å². The normalized spacial score (nSPS) is 21.6. The number of Topliss-reactive ketones (excluding diaryl/α,β-unsaturated/α-hetero) is 1. The fraction of sp³-hybridized carbons (Fsp3) is 0.467. The summed E-state index contributed by atoms with van der Waals surface area (Å²) in [7, 11) is 0. The van der Waals surface area contributed by atoms with E-state index in [2.05, 4.69) is 27.9 Å². The summed E-state index contributed by atoms with van der Waals surface area (Å²) < 4.78 is 51.8. The van der Waals surface area contributed by atoms with Crippen molar-refractivity contribution in [1.82, 2.24) is 14.9 Å². The molecule has 3 aromatic rings. The van der Waals surface area contributed by atoms with Crippen LogP contribution in [0.1, 0.15) is 36.6 Å². The monoisotopic (exact) mass is 651 g/mol. The van der Waals surface area contributed by atoms with Gasteiger partial charge in [0.05, 0.1) is 10.1 Å². The number of rotatable bonds is 10. The van der Waals surface area contributed by atoms with E-state index in [4.69, 9.17) is 9.72 Å². The van der Waals surface area contributed by atoms with Crippen LogP contribution < -0.4 is 5.32 Å². The molecule has 0 aliphatic carbocycles. The number of halogens is 4. The van der Waals surface area contributed by atoms with E-state index in [0.717, 1.165) is 36.6 Å². The lowest BCUT2D eigenvalue weighted by atomic mass is 9.72. The molecule has 208 valence electrons. The van der Waals surface area contributed by atoms with Crippen LogP contribution >= 0.6 is 22.6 Å². The van der Waals surface area contributed by atoms with Gasteiger partial charge in [0.15, 0.2) is 0 Å². The maximum Gasteiger partial charge on any atom is 0.146 e. The summed E-state index contributed by atoms with van der Waals surface area (Å²) in [6, 6.07) is 13.2. The average molecular weight is 652 g/mol. The van der Waals surface area contributed by atoms with Gasteiger partial charge in [0.25, 0.3) is 0 Å². The molecule has 5 rings (SSSR count). The van der Waals surface area contributed by atoms with E-state index in [1.807, 2.05) is 34.9 Å². The number of ether oxygens (including phenoxy) is 1. The standard InChI is InChI=1S/C30H33F3IN3O2/c31-22-6-7-25(32)23(13-22)27-18-37(17-19-4-2-1-3-5-19)30(36-27)29(20-8-10-39-11-9-20)24(28(38)14-34)12-21-15-35-16-26(21)33/h1-7,13,18,20-21,24,26,29,35H,8-12,14-17H2/t21-,24?,26+,29?/m1/s1. The quantitative estimate of drug-likeness (QED) is 0.218. The molecule has 5 nitrogen and oxygen atoms in total. The molecule has 2 aliphatic rings. The maximum absolute atomic E-state index is 14.9. The van der Waals surface area contributed by atoms with Crippen molar-refractivity contribution in [3.8, 4) is 11.3 Å². The minimum absolute atomic E-state index is 0.0685. The molecule has 0 spiro atoms. The topological polar surface area (TPSA) is 56.2 Å². The third-order valence-electron chi connectivity index (χ3n) is 8.07. The fourth-order valence-electron chi connectivity index (χ4n) is 6.06. The number of nitrogens with zero attached hydrogens (tertiary/aromatic N) is 2. The number of carbonyl (C=O) groups is 1. The van der Waals surface area contributed by atoms with Crippen LogP contribution in [0.2, 0.25) is 0 Å². The highest BCUT2D eigenvalue weighted by atomic mass is 127. The van der Waals surface area contributed by atoms with Gasteiger partial charge < -0.3 is 14.6 Å². The summed E-state index contributed by atoms with van der Waals surface area (Å²) in [6.45, 7) is 2.44. The predicted molar refractivity (Wildman–Crippen MR) is 153 cm³/mol.